The maximum atomic E-state index is 12.2. The number of nitrogens with one attached hydrogen (secondary N) is 2. The van der Waals surface area contributed by atoms with E-state index in [0.717, 1.165) is 12.8 Å². The van der Waals surface area contributed by atoms with E-state index >= 15 is 0 Å². The first-order valence-corrected chi connectivity index (χ1v) is 6.68. The van der Waals surface area contributed by atoms with Gasteiger partial charge in [0.15, 0.2) is 0 Å². The van der Waals surface area contributed by atoms with E-state index in [4.69, 9.17) is 0 Å². The van der Waals surface area contributed by atoms with Crippen molar-refractivity contribution in [2.24, 2.45) is 0 Å². The molecule has 7 nitrogen and oxygen atoms in total. The molecule has 1 saturated heterocycles. The van der Waals surface area contributed by atoms with Crippen LogP contribution in [-0.4, -0.2) is 50.1 Å². The second-order valence-electron chi connectivity index (χ2n) is 5.69. The molecule has 2 rings (SSSR count). The van der Waals surface area contributed by atoms with E-state index in [2.05, 4.69) is 15.3 Å². The van der Waals surface area contributed by atoms with E-state index in [0.29, 0.717) is 12.2 Å². The molecule has 3 N–H and O–H groups in total. The third kappa shape index (κ3) is 3.09. The van der Waals surface area contributed by atoms with E-state index in [1.807, 2.05) is 13.8 Å². The van der Waals surface area contributed by atoms with Crippen LogP contribution in [0.1, 0.15) is 32.4 Å². The van der Waals surface area contributed by atoms with Gasteiger partial charge in [-0.1, -0.05) is 0 Å². The van der Waals surface area contributed by atoms with Gasteiger partial charge in [0.05, 0.1) is 6.33 Å². The number of H-pyrrole nitrogens is 1. The fraction of sp³-hybridized carbons (Fsp3) is 0.615. The Labute approximate surface area is 117 Å². The van der Waals surface area contributed by atoms with Crippen LogP contribution >= 0.6 is 0 Å². The van der Waals surface area contributed by atoms with E-state index < -0.39 is 12.0 Å². The summed E-state index contributed by atoms with van der Waals surface area (Å²) in [5.41, 5.74) is 0.458. The van der Waals surface area contributed by atoms with Crippen LogP contribution in [0.5, 0.6) is 0 Å². The normalized spacial score (nSPS) is 18.8. The Bertz CT molecular complexity index is 484. The van der Waals surface area contributed by atoms with Crippen molar-refractivity contribution in [1.29, 1.82) is 0 Å². The largest absolute Gasteiger partial charge is 0.480 e. The second-order valence-corrected chi connectivity index (χ2v) is 5.69. The fourth-order valence-corrected chi connectivity index (χ4v) is 2.53. The highest BCUT2D eigenvalue weighted by atomic mass is 16.4. The monoisotopic (exact) mass is 280 g/mol. The predicted octanol–water partition coefficient (Wildman–Crippen LogP) is 0.989. The van der Waals surface area contributed by atoms with Crippen LogP contribution in [0.2, 0.25) is 0 Å². The summed E-state index contributed by atoms with van der Waals surface area (Å²) < 4.78 is 0. The van der Waals surface area contributed by atoms with Gasteiger partial charge in [-0.3, -0.25) is 0 Å². The minimum Gasteiger partial charge on any atom is -0.480 e. The Morgan fingerprint density at radius 3 is 2.85 bits per heavy atom. The number of likely N-dealkylation sites (tertiary alicyclic amines) is 1. The van der Waals surface area contributed by atoms with Crippen LogP contribution in [0.3, 0.4) is 0 Å². The number of nitrogens with zero attached hydrogens (tertiary/aromatic N) is 2. The van der Waals surface area contributed by atoms with Crippen molar-refractivity contribution in [2.45, 2.75) is 44.7 Å². The van der Waals surface area contributed by atoms with Crippen molar-refractivity contribution in [3.05, 3.63) is 18.2 Å². The highest BCUT2D eigenvalue weighted by Gasteiger charge is 2.36. The zero-order valence-electron chi connectivity index (χ0n) is 11.7. The number of aromatic amines is 1. The topological polar surface area (TPSA) is 98.3 Å². The number of rotatable bonds is 4. The summed E-state index contributed by atoms with van der Waals surface area (Å²) in [6, 6.07) is -1.28. The number of urea groups is 1. The molecule has 110 valence electrons. The van der Waals surface area contributed by atoms with Gasteiger partial charge in [0.1, 0.15) is 6.04 Å². The van der Waals surface area contributed by atoms with Gasteiger partial charge in [-0.05, 0) is 26.7 Å². The zero-order chi connectivity index (χ0) is 14.8. The molecule has 0 bridgehead atoms. The van der Waals surface area contributed by atoms with Gasteiger partial charge in [-0.15, -0.1) is 0 Å². The Hall–Kier alpha value is -2.05. The first-order valence-electron chi connectivity index (χ1n) is 6.68. The second kappa shape index (κ2) is 5.52. The highest BCUT2D eigenvalue weighted by Crippen LogP contribution is 2.28. The molecule has 7 heteroatoms. The molecule has 0 radical (unpaired) electrons. The molecule has 0 spiro atoms. The number of aliphatic carboxylic acids is 1. The smallest absolute Gasteiger partial charge is 0.326 e. The molecule has 0 aliphatic carbocycles. The number of carbonyl (C=O) groups is 2. The molecule has 1 aromatic heterocycles. The van der Waals surface area contributed by atoms with E-state index in [-0.39, 0.29) is 18.0 Å². The summed E-state index contributed by atoms with van der Waals surface area (Å²) in [6.07, 6.45) is 5.11. The van der Waals surface area contributed by atoms with Crippen LogP contribution in [0.25, 0.3) is 0 Å². The van der Waals surface area contributed by atoms with Crippen LogP contribution in [0.4, 0.5) is 4.79 Å². The van der Waals surface area contributed by atoms with Crippen molar-refractivity contribution in [3.8, 4) is 0 Å². The lowest BCUT2D eigenvalue weighted by molar-refractivity contribution is -0.139. The molecule has 1 fully saturated rings. The molecule has 1 atom stereocenters. The fourth-order valence-electron chi connectivity index (χ4n) is 2.53. The minimum absolute atomic E-state index is 0.190. The molecule has 0 aromatic carbocycles. The van der Waals surface area contributed by atoms with Gasteiger partial charge >= 0.3 is 12.0 Å². The Balaban J connectivity index is 2.01. The number of hydrogen-bond donors (Lipinski definition) is 3. The lowest BCUT2D eigenvalue weighted by Gasteiger charge is -2.32. The van der Waals surface area contributed by atoms with Gasteiger partial charge in [0.2, 0.25) is 0 Å². The van der Waals surface area contributed by atoms with Gasteiger partial charge in [-0.25, -0.2) is 14.6 Å². The van der Waals surface area contributed by atoms with Gasteiger partial charge in [0, 0.05) is 30.4 Å². The van der Waals surface area contributed by atoms with Gasteiger partial charge in [0.25, 0.3) is 0 Å². The summed E-state index contributed by atoms with van der Waals surface area (Å²) in [4.78, 5) is 31.9. The Morgan fingerprint density at radius 2 is 2.35 bits per heavy atom. The Morgan fingerprint density at radius 1 is 1.60 bits per heavy atom. The van der Waals surface area contributed by atoms with E-state index in [9.17, 15) is 14.7 Å². The molecule has 20 heavy (non-hydrogen) atoms. The average Bonchev–Trinajstić information content (AvgIpc) is 2.97. The van der Waals surface area contributed by atoms with Crippen LogP contribution < -0.4 is 5.32 Å². The van der Waals surface area contributed by atoms with Crippen molar-refractivity contribution in [3.63, 3.8) is 0 Å². The summed E-state index contributed by atoms with van der Waals surface area (Å²) in [7, 11) is 0. The number of hydrogen-bond acceptors (Lipinski definition) is 3. The number of carboxylic acids is 1. The maximum absolute atomic E-state index is 12.2. The number of imidazole rings is 1. The number of carboxylic acid groups (broad SMARTS) is 1. The first-order chi connectivity index (χ1) is 9.40. The standard InChI is InChI=1S/C13H20N4O3/c1-13(2)4-3-5-17(13)12(20)16-10(11(18)19)6-9-7-14-8-15-9/h7-8,10H,3-6H2,1-2H3,(H,14,15)(H,16,20)(H,18,19)/t10-/m1/s1. The Kier molecular flexibility index (Phi) is 3.96. The van der Waals surface area contributed by atoms with E-state index in [1.165, 1.54) is 6.33 Å². The summed E-state index contributed by atoms with van der Waals surface area (Å²) in [5.74, 6) is -1.05. The zero-order valence-corrected chi connectivity index (χ0v) is 11.7. The van der Waals surface area contributed by atoms with Crippen molar-refractivity contribution < 1.29 is 14.7 Å². The van der Waals surface area contributed by atoms with Gasteiger partial charge < -0.3 is 20.3 Å². The number of carbonyl (C=O) groups excluding carboxylic acids is 1. The van der Waals surface area contributed by atoms with Crippen molar-refractivity contribution in [2.75, 3.05) is 6.54 Å². The van der Waals surface area contributed by atoms with Crippen LogP contribution in [0.15, 0.2) is 12.5 Å². The predicted molar refractivity (Wildman–Crippen MR) is 72.3 cm³/mol. The van der Waals surface area contributed by atoms with Crippen molar-refractivity contribution >= 4 is 12.0 Å². The summed E-state index contributed by atoms with van der Waals surface area (Å²) in [6.45, 7) is 4.64. The third-order valence-electron chi connectivity index (χ3n) is 3.72. The third-order valence-corrected chi connectivity index (χ3v) is 3.72. The van der Waals surface area contributed by atoms with E-state index in [1.54, 1.807) is 11.1 Å². The molecule has 0 unspecified atom stereocenters. The highest BCUT2D eigenvalue weighted by molar-refractivity contribution is 5.83. The molecule has 1 aliphatic heterocycles. The lowest BCUT2D eigenvalue weighted by Crippen LogP contribution is -2.53. The minimum atomic E-state index is -1.05. The summed E-state index contributed by atoms with van der Waals surface area (Å²) >= 11 is 0. The maximum Gasteiger partial charge on any atom is 0.326 e. The van der Waals surface area contributed by atoms with Crippen LogP contribution in [-0.2, 0) is 11.2 Å². The van der Waals surface area contributed by atoms with Gasteiger partial charge in [-0.2, -0.15) is 0 Å². The lowest BCUT2D eigenvalue weighted by atomic mass is 10.0. The molecular formula is C13H20N4O3. The summed E-state index contributed by atoms with van der Waals surface area (Å²) in [5, 5.41) is 11.8. The molecule has 2 amide bonds. The first kappa shape index (κ1) is 14.4. The number of amides is 2. The molecule has 2 heterocycles. The van der Waals surface area contributed by atoms with Crippen LogP contribution in [0, 0.1) is 0 Å². The number of aromatic nitrogens is 2. The quantitative estimate of drug-likeness (QED) is 0.766. The van der Waals surface area contributed by atoms with Crippen molar-refractivity contribution in [1.82, 2.24) is 20.2 Å². The molecule has 1 aromatic rings. The SMILES string of the molecule is CC1(C)CCCN1C(=O)N[C@H](Cc1cnc[nH]1)C(=O)O. The average molecular weight is 280 g/mol. The molecule has 0 saturated carbocycles. The molecular weight excluding hydrogens is 260 g/mol. The molecule has 1 aliphatic rings.